The summed E-state index contributed by atoms with van der Waals surface area (Å²) in [7, 11) is -3.42. The van der Waals surface area contributed by atoms with Crippen LogP contribution in [0.4, 0.5) is 4.39 Å². The van der Waals surface area contributed by atoms with Gasteiger partial charge in [0.15, 0.2) is 9.84 Å². The van der Waals surface area contributed by atoms with Crippen molar-refractivity contribution in [1.29, 1.82) is 0 Å². The molecule has 0 unspecified atom stereocenters. The number of hydrogen-bond acceptors (Lipinski definition) is 3. The molecular weight excluding hydrogens is 289 g/mol. The third-order valence-corrected chi connectivity index (χ3v) is 4.72. The Morgan fingerprint density at radius 1 is 1.05 bits per heavy atom. The average molecular weight is 307 g/mol. The third-order valence-electron chi connectivity index (χ3n) is 3.20. The summed E-state index contributed by atoms with van der Waals surface area (Å²) >= 11 is 0. The van der Waals surface area contributed by atoms with Gasteiger partial charge in [-0.05, 0) is 24.1 Å². The number of halogens is 1. The second-order valence-corrected chi connectivity index (χ2v) is 7.22. The largest absolute Gasteiger partial charge is 0.326 e. The summed E-state index contributed by atoms with van der Waals surface area (Å²) in [4.78, 5) is 0. The molecule has 0 bridgehead atoms. The first-order valence-electron chi connectivity index (χ1n) is 6.63. The number of nitrogens with two attached hydrogens (primary N) is 1. The maximum Gasteiger partial charge on any atom is 0.158 e. The van der Waals surface area contributed by atoms with Crippen molar-refractivity contribution in [3.8, 4) is 0 Å². The van der Waals surface area contributed by atoms with Gasteiger partial charge >= 0.3 is 0 Å². The lowest BCUT2D eigenvalue weighted by Crippen LogP contribution is -2.09. The van der Waals surface area contributed by atoms with Crippen LogP contribution in [0.5, 0.6) is 0 Å². The molecule has 5 heteroatoms. The molecule has 0 aliphatic carbocycles. The van der Waals surface area contributed by atoms with Gasteiger partial charge in [0, 0.05) is 12.1 Å². The van der Waals surface area contributed by atoms with E-state index in [1.54, 1.807) is 12.1 Å². The predicted octanol–water partition coefficient (Wildman–Crippen LogP) is 2.71. The molecule has 0 atom stereocenters. The maximum absolute atomic E-state index is 13.9. The highest BCUT2D eigenvalue weighted by atomic mass is 32.2. The molecule has 0 saturated heterocycles. The Hall–Kier alpha value is -1.72. The monoisotopic (exact) mass is 307 g/mol. The lowest BCUT2D eigenvalue weighted by Gasteiger charge is -2.08. The third kappa shape index (κ3) is 4.37. The normalized spacial score (nSPS) is 11.6. The minimum absolute atomic E-state index is 0.0905. The van der Waals surface area contributed by atoms with E-state index in [0.717, 1.165) is 5.56 Å². The first-order chi connectivity index (χ1) is 9.89. The van der Waals surface area contributed by atoms with Gasteiger partial charge in [-0.2, -0.15) is 0 Å². The fourth-order valence-electron chi connectivity index (χ4n) is 2.18. The van der Waals surface area contributed by atoms with Crippen molar-refractivity contribution in [1.82, 2.24) is 0 Å². The van der Waals surface area contributed by atoms with Crippen LogP contribution >= 0.6 is 0 Å². The second-order valence-electron chi connectivity index (χ2n) is 5.15. The Labute approximate surface area is 124 Å². The van der Waals surface area contributed by atoms with Crippen LogP contribution in [0.25, 0.3) is 0 Å². The highest BCUT2D eigenvalue weighted by molar-refractivity contribution is 7.89. The lowest BCUT2D eigenvalue weighted by molar-refractivity contribution is 0.586. The molecule has 0 aliphatic heterocycles. The molecular formula is C16H18FNO2S. The van der Waals surface area contributed by atoms with E-state index in [0.29, 0.717) is 11.1 Å². The lowest BCUT2D eigenvalue weighted by atomic mass is 10.1. The van der Waals surface area contributed by atoms with Crippen molar-refractivity contribution in [2.45, 2.75) is 25.0 Å². The maximum atomic E-state index is 13.9. The molecule has 0 amide bonds. The van der Waals surface area contributed by atoms with Gasteiger partial charge in [0.25, 0.3) is 0 Å². The van der Waals surface area contributed by atoms with Gasteiger partial charge in [-0.1, -0.05) is 42.0 Å². The van der Waals surface area contributed by atoms with Gasteiger partial charge in [-0.25, -0.2) is 12.8 Å². The van der Waals surface area contributed by atoms with Gasteiger partial charge in [-0.15, -0.1) is 0 Å². The van der Waals surface area contributed by atoms with E-state index in [9.17, 15) is 12.8 Å². The molecule has 0 saturated carbocycles. The summed E-state index contributed by atoms with van der Waals surface area (Å²) in [6.45, 7) is 2.13. The average Bonchev–Trinajstić information content (AvgIpc) is 2.40. The summed E-state index contributed by atoms with van der Waals surface area (Å²) in [5.41, 5.74) is 7.97. The van der Waals surface area contributed by atoms with Crippen LogP contribution in [0.15, 0.2) is 42.5 Å². The van der Waals surface area contributed by atoms with Crippen molar-refractivity contribution in [3.63, 3.8) is 0 Å². The van der Waals surface area contributed by atoms with Crippen molar-refractivity contribution in [2.75, 3.05) is 0 Å². The standard InChI is InChI=1S/C16H18FNO2S/c1-12-3-2-4-14(7-12)10-21(19,20)11-15-6-5-13(9-18)8-16(15)17/h2-8H,9-11,18H2,1H3. The molecule has 3 nitrogen and oxygen atoms in total. The van der Waals surface area contributed by atoms with Gasteiger partial charge in [0.1, 0.15) is 5.82 Å². The summed E-state index contributed by atoms with van der Waals surface area (Å²) in [5, 5.41) is 0. The topological polar surface area (TPSA) is 60.2 Å². The summed E-state index contributed by atoms with van der Waals surface area (Å²) < 4.78 is 38.2. The number of sulfone groups is 1. The van der Waals surface area contributed by atoms with Crippen LogP contribution < -0.4 is 5.73 Å². The Morgan fingerprint density at radius 3 is 2.43 bits per heavy atom. The van der Waals surface area contributed by atoms with Crippen LogP contribution in [0.3, 0.4) is 0 Å². The van der Waals surface area contributed by atoms with E-state index in [1.807, 2.05) is 25.1 Å². The van der Waals surface area contributed by atoms with Gasteiger partial charge in [0.2, 0.25) is 0 Å². The SMILES string of the molecule is Cc1cccc(CS(=O)(=O)Cc2ccc(CN)cc2F)c1. The molecule has 0 fully saturated rings. The van der Waals surface area contributed by atoms with Crippen LogP contribution in [0.2, 0.25) is 0 Å². The van der Waals surface area contributed by atoms with Crippen molar-refractivity contribution >= 4 is 9.84 Å². The fourth-order valence-corrected chi connectivity index (χ4v) is 3.68. The number of rotatable bonds is 5. The second kappa shape index (κ2) is 6.37. The first-order valence-corrected chi connectivity index (χ1v) is 8.45. The van der Waals surface area contributed by atoms with Crippen molar-refractivity contribution in [3.05, 3.63) is 70.5 Å². The molecule has 0 heterocycles. The predicted molar refractivity (Wildman–Crippen MR) is 81.8 cm³/mol. The summed E-state index contributed by atoms with van der Waals surface area (Å²) in [6, 6.07) is 11.7. The Bertz CT molecular complexity index is 742. The van der Waals surface area contributed by atoms with Gasteiger partial charge in [-0.3, -0.25) is 0 Å². The van der Waals surface area contributed by atoms with E-state index in [-0.39, 0.29) is 23.6 Å². The quantitative estimate of drug-likeness (QED) is 0.924. The van der Waals surface area contributed by atoms with Crippen LogP contribution in [0, 0.1) is 12.7 Å². The Morgan fingerprint density at radius 2 is 1.81 bits per heavy atom. The van der Waals surface area contributed by atoms with Crippen LogP contribution in [0.1, 0.15) is 22.3 Å². The molecule has 0 aliphatic rings. The molecule has 2 N–H and O–H groups in total. The summed E-state index contributed by atoms with van der Waals surface area (Å²) in [5.74, 6) is -0.921. The molecule has 2 aromatic rings. The molecule has 0 spiro atoms. The van der Waals surface area contributed by atoms with Gasteiger partial charge < -0.3 is 5.73 Å². The number of hydrogen-bond donors (Lipinski definition) is 1. The molecule has 0 aromatic heterocycles. The minimum atomic E-state index is -3.42. The summed E-state index contributed by atoms with van der Waals surface area (Å²) in [6.07, 6.45) is 0. The number of benzene rings is 2. The van der Waals surface area contributed by atoms with Gasteiger partial charge in [0.05, 0.1) is 11.5 Å². The molecule has 0 radical (unpaired) electrons. The molecule has 21 heavy (non-hydrogen) atoms. The highest BCUT2D eigenvalue weighted by Gasteiger charge is 2.16. The first kappa shape index (κ1) is 15.7. The van der Waals surface area contributed by atoms with E-state index in [1.165, 1.54) is 12.1 Å². The zero-order valence-electron chi connectivity index (χ0n) is 11.8. The smallest absolute Gasteiger partial charge is 0.158 e. The molecule has 2 rings (SSSR count). The van der Waals surface area contributed by atoms with E-state index >= 15 is 0 Å². The van der Waals surface area contributed by atoms with E-state index in [4.69, 9.17) is 5.73 Å². The van der Waals surface area contributed by atoms with E-state index in [2.05, 4.69) is 0 Å². The Kier molecular flexibility index (Phi) is 4.75. The van der Waals surface area contributed by atoms with Crippen molar-refractivity contribution in [2.24, 2.45) is 5.73 Å². The minimum Gasteiger partial charge on any atom is -0.326 e. The molecule has 112 valence electrons. The zero-order valence-corrected chi connectivity index (χ0v) is 12.7. The fraction of sp³-hybridized carbons (Fsp3) is 0.250. The highest BCUT2D eigenvalue weighted by Crippen LogP contribution is 2.17. The van der Waals surface area contributed by atoms with Crippen molar-refractivity contribution < 1.29 is 12.8 Å². The van der Waals surface area contributed by atoms with E-state index < -0.39 is 15.7 Å². The number of aryl methyl sites for hydroxylation is 1. The van der Waals surface area contributed by atoms with Crippen LogP contribution in [-0.2, 0) is 27.9 Å². The van der Waals surface area contributed by atoms with Crippen LogP contribution in [-0.4, -0.2) is 8.42 Å². The molecule has 2 aromatic carbocycles. The Balaban J connectivity index is 2.18. The zero-order chi connectivity index (χ0) is 15.5.